The Morgan fingerprint density at radius 1 is 1.35 bits per heavy atom. The van der Waals surface area contributed by atoms with Crippen molar-refractivity contribution < 1.29 is 23.1 Å². The summed E-state index contributed by atoms with van der Waals surface area (Å²) in [7, 11) is -2.17. The minimum atomic E-state index is -3.89. The number of rotatable bonds is 5. The van der Waals surface area contributed by atoms with E-state index in [1.54, 1.807) is 37.9 Å². The van der Waals surface area contributed by atoms with Gasteiger partial charge in [0, 0.05) is 43.5 Å². The maximum absolute atomic E-state index is 13.4. The average molecular weight is 451 g/mol. The molecule has 0 fully saturated rings. The summed E-state index contributed by atoms with van der Waals surface area (Å²) in [5.74, 6) is 6.30. The lowest BCUT2D eigenvalue weighted by Crippen LogP contribution is -2.50. The quantitative estimate of drug-likeness (QED) is 0.696. The minimum Gasteiger partial charge on any atom is -0.487 e. The monoisotopic (exact) mass is 450 g/mol. The molecule has 0 bridgehead atoms. The van der Waals surface area contributed by atoms with Crippen LogP contribution >= 0.6 is 0 Å². The highest BCUT2D eigenvalue weighted by molar-refractivity contribution is 7.89. The molecular formula is C23H34N2O5S. The second-order valence-corrected chi connectivity index (χ2v) is 10.3. The van der Waals surface area contributed by atoms with Gasteiger partial charge < -0.3 is 14.7 Å². The molecule has 1 aliphatic rings. The van der Waals surface area contributed by atoms with Crippen molar-refractivity contribution in [2.75, 3.05) is 26.7 Å². The molecule has 0 saturated heterocycles. The molecule has 0 unspecified atom stereocenters. The van der Waals surface area contributed by atoms with Gasteiger partial charge in [-0.1, -0.05) is 39.5 Å². The van der Waals surface area contributed by atoms with Crippen LogP contribution in [0, 0.1) is 23.7 Å². The molecule has 0 spiro atoms. The van der Waals surface area contributed by atoms with Gasteiger partial charge in [-0.2, -0.15) is 4.31 Å². The van der Waals surface area contributed by atoms with Crippen molar-refractivity contribution in [1.29, 1.82) is 0 Å². The molecule has 0 saturated carbocycles. The van der Waals surface area contributed by atoms with E-state index in [1.165, 1.54) is 10.4 Å². The highest BCUT2D eigenvalue weighted by atomic mass is 32.2. The summed E-state index contributed by atoms with van der Waals surface area (Å²) in [6.45, 7) is 9.55. The molecule has 0 radical (unpaired) electrons. The molecule has 1 aromatic rings. The number of sulfonamides is 1. The lowest BCUT2D eigenvalue weighted by atomic mass is 10.0. The first-order valence-electron chi connectivity index (χ1n) is 10.7. The van der Waals surface area contributed by atoms with Crippen LogP contribution in [0.4, 0.5) is 0 Å². The summed E-state index contributed by atoms with van der Waals surface area (Å²) in [5.41, 5.74) is 0.661. The number of ether oxygens (including phenoxy) is 1. The first-order valence-corrected chi connectivity index (χ1v) is 12.1. The lowest BCUT2D eigenvalue weighted by Gasteiger charge is -2.37. The second kappa shape index (κ2) is 10.5. The van der Waals surface area contributed by atoms with Crippen LogP contribution < -0.4 is 4.74 Å². The zero-order valence-electron chi connectivity index (χ0n) is 19.3. The normalized spacial score (nSPS) is 21.7. The summed E-state index contributed by atoms with van der Waals surface area (Å²) in [6, 6.07) is 4.25. The van der Waals surface area contributed by atoms with Crippen molar-refractivity contribution >= 4 is 15.9 Å². The third-order valence-electron chi connectivity index (χ3n) is 5.35. The third kappa shape index (κ3) is 6.00. The van der Waals surface area contributed by atoms with Crippen LogP contribution in [0.2, 0.25) is 0 Å². The van der Waals surface area contributed by atoms with E-state index < -0.39 is 22.2 Å². The molecule has 2 rings (SSSR count). The number of likely N-dealkylation sites (N-methyl/N-ethyl adjacent to an activating group) is 1. The second-order valence-electron chi connectivity index (χ2n) is 8.45. The van der Waals surface area contributed by atoms with Crippen molar-refractivity contribution in [3.63, 3.8) is 0 Å². The Morgan fingerprint density at radius 2 is 2.03 bits per heavy atom. The van der Waals surface area contributed by atoms with Crippen molar-refractivity contribution in [2.45, 2.75) is 58.1 Å². The summed E-state index contributed by atoms with van der Waals surface area (Å²) < 4.78 is 34.4. The fourth-order valence-corrected chi connectivity index (χ4v) is 5.22. The number of amides is 1. The number of nitrogens with zero attached hydrogens (tertiary/aromatic N) is 2. The summed E-state index contributed by atoms with van der Waals surface area (Å²) in [4.78, 5) is 13.8. The standard InChI is InChI=1S/C23H34N2O5S/c1-7-23(27)24(6)14-21-17(4)13-25(18(5)15-26)31(28,29)22-11-10-19(9-8-16(2)3)12-20(22)30-21/h10-12,16-18,21,26H,7,13-15H2,1-6H3/t17-,18+,21-/m0/s1. The van der Waals surface area contributed by atoms with E-state index >= 15 is 0 Å². The summed E-state index contributed by atoms with van der Waals surface area (Å²) in [6.07, 6.45) is -0.0398. The number of aliphatic hydroxyl groups excluding tert-OH is 1. The Hall–Kier alpha value is -2.08. The van der Waals surface area contributed by atoms with Crippen LogP contribution in [-0.4, -0.2) is 67.5 Å². The van der Waals surface area contributed by atoms with Gasteiger partial charge in [0.1, 0.15) is 16.7 Å². The van der Waals surface area contributed by atoms with Crippen molar-refractivity contribution in [3.05, 3.63) is 23.8 Å². The fourth-order valence-electron chi connectivity index (χ4n) is 3.39. The van der Waals surface area contributed by atoms with Gasteiger partial charge in [-0.25, -0.2) is 8.42 Å². The van der Waals surface area contributed by atoms with Crippen LogP contribution in [-0.2, 0) is 14.8 Å². The Labute approximate surface area is 186 Å². The van der Waals surface area contributed by atoms with Crippen LogP contribution in [0.25, 0.3) is 0 Å². The van der Waals surface area contributed by atoms with Gasteiger partial charge in [0.25, 0.3) is 0 Å². The highest BCUT2D eigenvalue weighted by Crippen LogP contribution is 2.34. The Kier molecular flexibility index (Phi) is 8.52. The molecule has 0 aromatic heterocycles. The van der Waals surface area contributed by atoms with Gasteiger partial charge in [-0.15, -0.1) is 0 Å². The molecular weight excluding hydrogens is 416 g/mol. The van der Waals surface area contributed by atoms with Gasteiger partial charge in [-0.3, -0.25) is 4.79 Å². The molecule has 1 aromatic carbocycles. The van der Waals surface area contributed by atoms with Gasteiger partial charge in [-0.05, 0) is 25.1 Å². The van der Waals surface area contributed by atoms with Gasteiger partial charge in [0.2, 0.25) is 15.9 Å². The molecule has 1 N–H and O–H groups in total. The maximum Gasteiger partial charge on any atom is 0.247 e. The molecule has 7 nitrogen and oxygen atoms in total. The highest BCUT2D eigenvalue weighted by Gasteiger charge is 2.38. The Bertz CT molecular complexity index is 948. The molecule has 3 atom stereocenters. The molecule has 8 heteroatoms. The first kappa shape index (κ1) is 25.2. The molecule has 1 heterocycles. The largest absolute Gasteiger partial charge is 0.487 e. The number of fused-ring (bicyclic) bond motifs is 1. The number of hydrogen-bond donors (Lipinski definition) is 1. The maximum atomic E-state index is 13.4. The molecule has 1 amide bonds. The average Bonchev–Trinajstić information content (AvgIpc) is 2.73. The zero-order chi connectivity index (χ0) is 23.3. The molecule has 0 aliphatic carbocycles. The summed E-state index contributed by atoms with van der Waals surface area (Å²) in [5, 5.41) is 9.69. The number of hydrogen-bond acceptors (Lipinski definition) is 5. The number of benzene rings is 1. The van der Waals surface area contributed by atoms with E-state index in [-0.39, 0.29) is 41.5 Å². The van der Waals surface area contributed by atoms with Crippen molar-refractivity contribution in [2.24, 2.45) is 11.8 Å². The van der Waals surface area contributed by atoms with Gasteiger partial charge >= 0.3 is 0 Å². The zero-order valence-corrected chi connectivity index (χ0v) is 20.1. The smallest absolute Gasteiger partial charge is 0.247 e. The third-order valence-corrected chi connectivity index (χ3v) is 7.37. The molecule has 172 valence electrons. The van der Waals surface area contributed by atoms with E-state index in [0.717, 1.165) is 0 Å². The van der Waals surface area contributed by atoms with E-state index in [2.05, 4.69) is 11.8 Å². The van der Waals surface area contributed by atoms with E-state index in [1.807, 2.05) is 20.8 Å². The summed E-state index contributed by atoms with van der Waals surface area (Å²) >= 11 is 0. The molecule has 1 aliphatic heterocycles. The van der Waals surface area contributed by atoms with Gasteiger partial charge in [0.05, 0.1) is 13.2 Å². The fraction of sp³-hybridized carbons (Fsp3) is 0.609. The lowest BCUT2D eigenvalue weighted by molar-refractivity contribution is -0.131. The van der Waals surface area contributed by atoms with Crippen LogP contribution in [0.1, 0.15) is 46.6 Å². The Morgan fingerprint density at radius 3 is 2.61 bits per heavy atom. The predicted molar refractivity (Wildman–Crippen MR) is 120 cm³/mol. The SMILES string of the molecule is CCC(=O)N(C)C[C@@H]1Oc2cc(C#CC(C)C)ccc2S(=O)(=O)N([C@H](C)CO)C[C@@H]1C. The van der Waals surface area contributed by atoms with Crippen molar-refractivity contribution in [1.82, 2.24) is 9.21 Å². The van der Waals surface area contributed by atoms with Crippen LogP contribution in [0.3, 0.4) is 0 Å². The minimum absolute atomic E-state index is 0.0113. The Balaban J connectivity index is 2.58. The first-order chi connectivity index (χ1) is 14.5. The van der Waals surface area contributed by atoms with E-state index in [4.69, 9.17) is 4.74 Å². The number of carbonyl (C=O) groups is 1. The topological polar surface area (TPSA) is 87.2 Å². The molecule has 31 heavy (non-hydrogen) atoms. The predicted octanol–water partition coefficient (Wildman–Crippen LogP) is 2.33. The van der Waals surface area contributed by atoms with E-state index in [0.29, 0.717) is 18.5 Å². The van der Waals surface area contributed by atoms with Gasteiger partial charge in [0.15, 0.2) is 0 Å². The van der Waals surface area contributed by atoms with Crippen LogP contribution in [0.5, 0.6) is 5.75 Å². The van der Waals surface area contributed by atoms with Crippen molar-refractivity contribution in [3.8, 4) is 17.6 Å². The number of aliphatic hydroxyl groups is 1. The van der Waals surface area contributed by atoms with Crippen LogP contribution in [0.15, 0.2) is 23.1 Å². The van der Waals surface area contributed by atoms with E-state index in [9.17, 15) is 18.3 Å². The number of carbonyl (C=O) groups excluding carboxylic acids is 1.